The lowest BCUT2D eigenvalue weighted by Crippen LogP contribution is -2.20. The van der Waals surface area contributed by atoms with Crippen molar-refractivity contribution in [1.29, 1.82) is 0 Å². The van der Waals surface area contributed by atoms with Gasteiger partial charge in [0.25, 0.3) is 0 Å². The van der Waals surface area contributed by atoms with E-state index in [0.717, 1.165) is 0 Å². The molecule has 0 amide bonds. The van der Waals surface area contributed by atoms with Crippen LogP contribution in [0.2, 0.25) is 0 Å². The molecule has 0 aromatic heterocycles. The van der Waals surface area contributed by atoms with E-state index in [4.69, 9.17) is 0 Å². The van der Waals surface area contributed by atoms with Gasteiger partial charge in [-0.3, -0.25) is 0 Å². The van der Waals surface area contributed by atoms with Crippen LogP contribution >= 0.6 is 0 Å². The van der Waals surface area contributed by atoms with E-state index < -0.39 is 0 Å². The van der Waals surface area contributed by atoms with Crippen molar-refractivity contribution in [3.63, 3.8) is 0 Å². The molecule has 0 atom stereocenters. The Balaban J connectivity index is 1.72. The average molecular weight is 489 g/mol. The van der Waals surface area contributed by atoms with Gasteiger partial charge in [0.2, 0.25) is 0 Å². The van der Waals surface area contributed by atoms with Gasteiger partial charge in [-0.2, -0.15) is 0 Å². The van der Waals surface area contributed by atoms with E-state index in [1.54, 1.807) is 0 Å². The lowest BCUT2D eigenvalue weighted by molar-refractivity contribution is 0.412. The zero-order valence-corrected chi connectivity index (χ0v) is 25.1. The summed E-state index contributed by atoms with van der Waals surface area (Å²) >= 11 is 0. The molecule has 0 nitrogen and oxygen atoms in total. The Morgan fingerprint density at radius 2 is 0.472 bits per heavy atom. The first-order chi connectivity index (χ1) is 16.8. The van der Waals surface area contributed by atoms with E-state index in [0.29, 0.717) is 0 Å². The summed E-state index contributed by atoms with van der Waals surface area (Å²) in [6.07, 6.45) is 15.8. The lowest BCUT2D eigenvalue weighted by Gasteiger charge is -2.30. The quantitative estimate of drug-likeness (QED) is 0.346. The Kier molecular flexibility index (Phi) is 9.57. The van der Waals surface area contributed by atoms with Gasteiger partial charge in [0.05, 0.1) is 0 Å². The van der Waals surface area contributed by atoms with Crippen molar-refractivity contribution in [2.75, 3.05) is 0 Å². The number of hydrogen-bond donors (Lipinski definition) is 0. The number of hydrogen-bond acceptors (Lipinski definition) is 0. The molecule has 2 aromatic carbocycles. The highest BCUT2D eigenvalue weighted by Crippen LogP contribution is 2.36. The van der Waals surface area contributed by atoms with E-state index in [-0.39, 0.29) is 21.7 Å². The van der Waals surface area contributed by atoms with Crippen LogP contribution in [-0.4, -0.2) is 0 Å². The molecule has 0 N–H and O–H groups in total. The van der Waals surface area contributed by atoms with Crippen LogP contribution in [0.3, 0.4) is 0 Å². The Labute approximate surface area is 224 Å². The highest BCUT2D eigenvalue weighted by molar-refractivity contribution is 5.33. The average Bonchev–Trinajstić information content (AvgIpc) is 2.83. The molecule has 0 fully saturated rings. The molecule has 0 heteroatoms. The van der Waals surface area contributed by atoms with Crippen LogP contribution < -0.4 is 0 Å². The summed E-state index contributed by atoms with van der Waals surface area (Å²) in [5.41, 5.74) is 7.03. The fourth-order valence-electron chi connectivity index (χ4n) is 6.30. The first-order valence-electron chi connectivity index (χ1n) is 15.1. The Morgan fingerprint density at radius 3 is 0.639 bits per heavy atom. The van der Waals surface area contributed by atoms with E-state index in [1.807, 2.05) is 0 Å². The van der Waals surface area contributed by atoms with Crippen molar-refractivity contribution in [3.05, 3.63) is 70.8 Å². The van der Waals surface area contributed by atoms with Crippen molar-refractivity contribution >= 4 is 0 Å². The normalized spacial score (nSPS) is 23.1. The maximum absolute atomic E-state index is 2.44. The molecule has 0 spiro atoms. The second kappa shape index (κ2) is 11.9. The van der Waals surface area contributed by atoms with Gasteiger partial charge in [-0.15, -0.1) is 0 Å². The van der Waals surface area contributed by atoms with Gasteiger partial charge in [0.15, 0.2) is 0 Å². The molecule has 4 aliphatic rings. The molecule has 36 heavy (non-hydrogen) atoms. The molecule has 4 bridgehead atoms. The molecule has 2 aromatic rings. The predicted octanol–water partition coefficient (Wildman–Crippen LogP) is 11.2. The SMILES string of the molecule is CC1(C)CCCCCCC(C)(C)c2ccc(cc2)C(C)(C)CCCCCCC(C)(C)c2ccc1cc2. The second-order valence-electron chi connectivity index (χ2n) is 14.5. The molecule has 4 aliphatic carbocycles. The summed E-state index contributed by atoms with van der Waals surface area (Å²) in [4.78, 5) is 0. The highest BCUT2D eigenvalue weighted by Gasteiger charge is 2.25. The standard InChI is InChI=1S/C36H56/c1-33(2)25-13-9-10-14-26-35(5,6)31-21-23-32(24-22-31)36(7,8)28-16-12-11-15-27-34(3,4)30-19-17-29(33)18-20-30/h17-24H,9-16,25-28H2,1-8H3. The Morgan fingerprint density at radius 1 is 0.306 bits per heavy atom. The van der Waals surface area contributed by atoms with Crippen LogP contribution in [0.15, 0.2) is 48.5 Å². The topological polar surface area (TPSA) is 0 Å². The van der Waals surface area contributed by atoms with E-state index in [9.17, 15) is 0 Å². The maximum atomic E-state index is 2.44. The summed E-state index contributed by atoms with van der Waals surface area (Å²) in [5.74, 6) is 0. The van der Waals surface area contributed by atoms with Crippen molar-refractivity contribution in [1.82, 2.24) is 0 Å². The van der Waals surface area contributed by atoms with Gasteiger partial charge < -0.3 is 0 Å². The fourth-order valence-corrected chi connectivity index (χ4v) is 6.30. The first kappa shape index (κ1) is 29.0. The predicted molar refractivity (Wildman–Crippen MR) is 160 cm³/mol. The zero-order chi connectivity index (χ0) is 26.5. The Bertz CT molecular complexity index is 764. The van der Waals surface area contributed by atoms with Gasteiger partial charge in [-0.1, -0.05) is 155 Å². The van der Waals surface area contributed by atoms with Gasteiger partial charge in [-0.05, 0) is 69.6 Å². The lowest BCUT2D eigenvalue weighted by atomic mass is 9.75. The Hall–Kier alpha value is -1.56. The maximum Gasteiger partial charge on any atom is -0.0104 e. The molecular weight excluding hydrogens is 432 g/mol. The van der Waals surface area contributed by atoms with Crippen LogP contribution in [-0.2, 0) is 21.7 Å². The molecule has 6 rings (SSSR count). The smallest absolute Gasteiger partial charge is 0.0104 e. The van der Waals surface area contributed by atoms with Gasteiger partial charge in [-0.25, -0.2) is 0 Å². The highest BCUT2D eigenvalue weighted by atomic mass is 14.3. The third-order valence-electron chi connectivity index (χ3n) is 9.60. The molecule has 0 unspecified atom stereocenters. The van der Waals surface area contributed by atoms with E-state index in [1.165, 1.54) is 99.3 Å². The van der Waals surface area contributed by atoms with Gasteiger partial charge in [0, 0.05) is 0 Å². The largest absolute Gasteiger partial charge is 0.0582 e. The number of rotatable bonds is 0. The molecule has 0 radical (unpaired) electrons. The van der Waals surface area contributed by atoms with Crippen LogP contribution in [0.5, 0.6) is 0 Å². The third kappa shape index (κ3) is 7.72. The molecule has 0 saturated carbocycles. The van der Waals surface area contributed by atoms with Crippen molar-refractivity contribution in [2.45, 2.75) is 154 Å². The number of benzene rings is 2. The monoisotopic (exact) mass is 488 g/mol. The van der Waals surface area contributed by atoms with Gasteiger partial charge >= 0.3 is 0 Å². The summed E-state index contributed by atoms with van der Waals surface area (Å²) in [6.45, 7) is 19.5. The summed E-state index contributed by atoms with van der Waals surface area (Å²) < 4.78 is 0. The molecular formula is C36H56. The summed E-state index contributed by atoms with van der Waals surface area (Å²) in [6, 6.07) is 19.4. The van der Waals surface area contributed by atoms with Crippen molar-refractivity contribution in [2.24, 2.45) is 0 Å². The molecule has 200 valence electrons. The second-order valence-corrected chi connectivity index (χ2v) is 14.5. The summed E-state index contributed by atoms with van der Waals surface area (Å²) in [7, 11) is 0. The molecule has 0 heterocycles. The van der Waals surface area contributed by atoms with Crippen molar-refractivity contribution in [3.8, 4) is 0 Å². The fraction of sp³-hybridized carbons (Fsp3) is 0.667. The molecule has 0 aliphatic heterocycles. The zero-order valence-electron chi connectivity index (χ0n) is 25.1. The summed E-state index contributed by atoms with van der Waals surface area (Å²) in [5, 5.41) is 0. The first-order valence-corrected chi connectivity index (χ1v) is 15.1. The van der Waals surface area contributed by atoms with Gasteiger partial charge in [0.1, 0.15) is 0 Å². The van der Waals surface area contributed by atoms with Crippen LogP contribution in [0.25, 0.3) is 0 Å². The van der Waals surface area contributed by atoms with Crippen LogP contribution in [0.1, 0.15) is 155 Å². The van der Waals surface area contributed by atoms with E-state index in [2.05, 4.69) is 104 Å². The van der Waals surface area contributed by atoms with Crippen molar-refractivity contribution < 1.29 is 0 Å². The minimum atomic E-state index is 0.255. The van der Waals surface area contributed by atoms with E-state index >= 15 is 0 Å². The van der Waals surface area contributed by atoms with Crippen LogP contribution in [0, 0.1) is 0 Å². The van der Waals surface area contributed by atoms with Crippen LogP contribution in [0.4, 0.5) is 0 Å². The minimum Gasteiger partial charge on any atom is -0.0582 e. The third-order valence-corrected chi connectivity index (χ3v) is 9.60. The molecule has 0 saturated heterocycles. The minimum absolute atomic E-state index is 0.255.